The highest BCUT2D eigenvalue weighted by atomic mass is 16.6. The van der Waals surface area contributed by atoms with Crippen LogP contribution in [0.15, 0.2) is 6.07 Å². The molecule has 8 saturated carbocycles. The molecule has 200 valence electrons. The fraction of sp³-hybridized carbons (Fsp3) is 0.818. The molecule has 0 amide bonds. The highest BCUT2D eigenvalue weighted by Gasteiger charge is 2.56. The van der Waals surface area contributed by atoms with Crippen molar-refractivity contribution in [1.82, 2.24) is 0 Å². The number of rotatable bonds is 8. The number of ether oxygens (including phenoxy) is 4. The molecule has 0 N–H and O–H groups in total. The Labute approximate surface area is 222 Å². The van der Waals surface area contributed by atoms with Crippen LogP contribution in [0.5, 0.6) is 11.5 Å². The smallest absolute Gasteiger partial charge is 0.165 e. The first-order chi connectivity index (χ1) is 18.0. The summed E-state index contributed by atoms with van der Waals surface area (Å²) >= 11 is 0. The van der Waals surface area contributed by atoms with Crippen LogP contribution in [0.25, 0.3) is 0 Å². The lowest BCUT2D eigenvalue weighted by atomic mass is 9.46. The second-order valence-corrected chi connectivity index (χ2v) is 15.2. The summed E-state index contributed by atoms with van der Waals surface area (Å²) in [7, 11) is 0. The Kier molecular flexibility index (Phi) is 4.82. The van der Waals surface area contributed by atoms with Gasteiger partial charge in [0.15, 0.2) is 11.5 Å². The molecule has 0 spiro atoms. The maximum Gasteiger partial charge on any atom is 0.165 e. The van der Waals surface area contributed by atoms with Crippen molar-refractivity contribution in [3.8, 4) is 11.5 Å². The molecule has 2 atom stereocenters. The monoisotopic (exact) mass is 504 g/mol. The fourth-order valence-electron chi connectivity index (χ4n) is 11.6. The largest absolute Gasteiger partial charge is 0.487 e. The van der Waals surface area contributed by atoms with Crippen LogP contribution in [0.4, 0.5) is 0 Å². The summed E-state index contributed by atoms with van der Waals surface area (Å²) in [5, 5.41) is 0. The van der Waals surface area contributed by atoms with Gasteiger partial charge in [-0.15, -0.1) is 0 Å². The maximum atomic E-state index is 6.93. The Hall–Kier alpha value is -1.26. The van der Waals surface area contributed by atoms with E-state index in [1.54, 1.807) is 0 Å². The number of hydrogen-bond donors (Lipinski definition) is 0. The first kappa shape index (κ1) is 22.5. The van der Waals surface area contributed by atoms with Crippen molar-refractivity contribution in [3.63, 3.8) is 0 Å². The second-order valence-electron chi connectivity index (χ2n) is 15.2. The van der Waals surface area contributed by atoms with E-state index in [0.717, 1.165) is 60.2 Å². The van der Waals surface area contributed by atoms with Crippen molar-refractivity contribution in [2.24, 2.45) is 35.5 Å². The van der Waals surface area contributed by atoms with E-state index in [9.17, 15) is 0 Å². The minimum absolute atomic E-state index is 0.257. The van der Waals surface area contributed by atoms with E-state index in [4.69, 9.17) is 18.9 Å². The Morgan fingerprint density at radius 1 is 0.649 bits per heavy atom. The number of aryl methyl sites for hydroxylation is 1. The van der Waals surface area contributed by atoms with Crippen molar-refractivity contribution >= 4 is 0 Å². The molecule has 0 radical (unpaired) electrons. The molecular weight excluding hydrogens is 460 g/mol. The van der Waals surface area contributed by atoms with Gasteiger partial charge in [0, 0.05) is 16.5 Å². The van der Waals surface area contributed by atoms with Crippen LogP contribution in [-0.2, 0) is 20.3 Å². The molecular formula is C33H44O4. The van der Waals surface area contributed by atoms with Crippen LogP contribution in [0, 0.1) is 42.4 Å². The molecule has 2 saturated heterocycles. The highest BCUT2D eigenvalue weighted by Crippen LogP contribution is 2.66. The zero-order chi connectivity index (χ0) is 24.4. The van der Waals surface area contributed by atoms with Crippen molar-refractivity contribution in [3.05, 3.63) is 22.8 Å². The van der Waals surface area contributed by atoms with Gasteiger partial charge in [-0.25, -0.2) is 0 Å². The SMILES string of the molecule is Cc1cc(C23CC4CC(CC(C4)C2)C3)c(OCC2CO2)c(OCC2CO2)c1C12CC3CC(CC(C3)C1)C2. The molecule has 10 fully saturated rings. The van der Waals surface area contributed by atoms with Gasteiger partial charge in [-0.2, -0.15) is 0 Å². The summed E-state index contributed by atoms with van der Waals surface area (Å²) in [4.78, 5) is 0. The molecule has 11 rings (SSSR count). The topological polar surface area (TPSA) is 43.5 Å². The normalized spacial score (nSPS) is 47.9. The number of hydrogen-bond acceptors (Lipinski definition) is 4. The van der Waals surface area contributed by atoms with E-state index in [1.165, 1.54) is 93.7 Å². The van der Waals surface area contributed by atoms with Crippen LogP contribution in [0.2, 0.25) is 0 Å². The minimum atomic E-state index is 0.257. The fourth-order valence-corrected chi connectivity index (χ4v) is 11.6. The van der Waals surface area contributed by atoms with Gasteiger partial charge in [0.25, 0.3) is 0 Å². The highest BCUT2D eigenvalue weighted by molar-refractivity contribution is 5.61. The van der Waals surface area contributed by atoms with E-state index in [-0.39, 0.29) is 23.0 Å². The Balaban J connectivity index is 1.20. The predicted octanol–water partition coefficient (Wildman–Crippen LogP) is 6.49. The summed E-state index contributed by atoms with van der Waals surface area (Å²) in [6.07, 6.45) is 17.5. The molecule has 37 heavy (non-hydrogen) atoms. The van der Waals surface area contributed by atoms with Gasteiger partial charge in [-0.05, 0) is 130 Å². The Bertz CT molecular complexity index is 1030. The van der Waals surface area contributed by atoms with Crippen molar-refractivity contribution < 1.29 is 18.9 Å². The summed E-state index contributed by atoms with van der Waals surface area (Å²) < 4.78 is 25.1. The number of epoxide rings is 2. The van der Waals surface area contributed by atoms with Crippen molar-refractivity contribution in [2.45, 2.75) is 107 Å². The summed E-state index contributed by atoms with van der Waals surface area (Å²) in [5.74, 6) is 7.74. The average Bonchev–Trinajstić information content (AvgIpc) is 3.75. The van der Waals surface area contributed by atoms with E-state index in [2.05, 4.69) is 13.0 Å². The minimum Gasteiger partial charge on any atom is -0.487 e. The molecule has 4 nitrogen and oxygen atoms in total. The van der Waals surface area contributed by atoms with Gasteiger partial charge in [0.2, 0.25) is 0 Å². The third kappa shape index (κ3) is 3.67. The quantitative estimate of drug-likeness (QED) is 0.380. The van der Waals surface area contributed by atoms with Gasteiger partial charge in [0.1, 0.15) is 25.4 Å². The van der Waals surface area contributed by atoms with Gasteiger partial charge < -0.3 is 18.9 Å². The van der Waals surface area contributed by atoms with Crippen LogP contribution >= 0.6 is 0 Å². The Morgan fingerprint density at radius 2 is 1.05 bits per heavy atom. The first-order valence-corrected chi connectivity index (χ1v) is 15.7. The van der Waals surface area contributed by atoms with Crippen molar-refractivity contribution in [2.75, 3.05) is 26.4 Å². The van der Waals surface area contributed by atoms with Crippen LogP contribution in [0.1, 0.15) is 93.7 Å². The predicted molar refractivity (Wildman–Crippen MR) is 141 cm³/mol. The molecule has 2 heterocycles. The molecule has 2 unspecified atom stereocenters. The van der Waals surface area contributed by atoms with Crippen LogP contribution < -0.4 is 9.47 Å². The van der Waals surface area contributed by atoms with Gasteiger partial charge in [0.05, 0.1) is 13.2 Å². The summed E-state index contributed by atoms with van der Waals surface area (Å²) in [6, 6.07) is 2.63. The van der Waals surface area contributed by atoms with E-state index in [1.807, 2.05) is 0 Å². The van der Waals surface area contributed by atoms with E-state index >= 15 is 0 Å². The average molecular weight is 505 g/mol. The zero-order valence-electron chi connectivity index (χ0n) is 22.6. The molecule has 8 aliphatic carbocycles. The lowest BCUT2D eigenvalue weighted by Crippen LogP contribution is -2.50. The van der Waals surface area contributed by atoms with E-state index in [0.29, 0.717) is 13.2 Å². The standard InChI is InChI=1S/C33H44O4/c1-19-2-28(32-9-20-3-21(10-32)5-22(4-20)11-32)30(36-17-26-15-34-26)31(37-18-27-16-35-27)29(19)33-12-23-6-24(13-33)8-25(7-23)14-33/h2,20-27H,3-18H2,1H3. The Morgan fingerprint density at radius 3 is 1.49 bits per heavy atom. The molecule has 2 aliphatic heterocycles. The third-order valence-corrected chi connectivity index (χ3v) is 12.2. The zero-order valence-corrected chi connectivity index (χ0v) is 22.6. The third-order valence-electron chi connectivity index (χ3n) is 12.2. The van der Waals surface area contributed by atoms with E-state index < -0.39 is 0 Å². The van der Waals surface area contributed by atoms with Gasteiger partial charge in [-0.1, -0.05) is 6.07 Å². The second kappa shape index (κ2) is 7.90. The molecule has 8 bridgehead atoms. The molecule has 4 heteroatoms. The van der Waals surface area contributed by atoms with Gasteiger partial charge >= 0.3 is 0 Å². The maximum absolute atomic E-state index is 6.93. The number of benzene rings is 1. The molecule has 0 aromatic heterocycles. The van der Waals surface area contributed by atoms with Crippen LogP contribution in [0.3, 0.4) is 0 Å². The van der Waals surface area contributed by atoms with Crippen LogP contribution in [-0.4, -0.2) is 38.6 Å². The lowest BCUT2D eigenvalue weighted by molar-refractivity contribution is -0.00946. The van der Waals surface area contributed by atoms with Gasteiger partial charge in [-0.3, -0.25) is 0 Å². The summed E-state index contributed by atoms with van der Waals surface area (Å²) in [5.41, 5.74) is 5.10. The molecule has 1 aromatic carbocycles. The summed E-state index contributed by atoms with van der Waals surface area (Å²) in [6.45, 7) is 5.43. The van der Waals surface area contributed by atoms with Crippen molar-refractivity contribution in [1.29, 1.82) is 0 Å². The lowest BCUT2D eigenvalue weighted by Gasteiger charge is -2.58. The molecule has 10 aliphatic rings. The molecule has 1 aromatic rings. The first-order valence-electron chi connectivity index (χ1n) is 15.7.